The van der Waals surface area contributed by atoms with Gasteiger partial charge in [0, 0.05) is 11.9 Å². The fraction of sp³-hybridized carbons (Fsp3) is 0.333. The molecule has 1 fully saturated rings. The van der Waals surface area contributed by atoms with Gasteiger partial charge >= 0.3 is 0 Å². The number of benzene rings is 1. The van der Waals surface area contributed by atoms with E-state index in [0.717, 1.165) is 17.2 Å². The van der Waals surface area contributed by atoms with Crippen LogP contribution in [0, 0.1) is 0 Å². The SMILES string of the molecule is CS(=O)(=O)N1CCC[C@@H]1C(=O)Nc1cnc2ccccc2c1. The van der Waals surface area contributed by atoms with Crippen LogP contribution in [0.1, 0.15) is 12.8 Å². The summed E-state index contributed by atoms with van der Waals surface area (Å²) in [7, 11) is -3.37. The van der Waals surface area contributed by atoms with E-state index >= 15 is 0 Å². The van der Waals surface area contributed by atoms with Gasteiger partial charge in [-0.25, -0.2) is 8.42 Å². The second-order valence-electron chi connectivity index (χ2n) is 5.44. The van der Waals surface area contributed by atoms with Gasteiger partial charge in [-0.1, -0.05) is 18.2 Å². The highest BCUT2D eigenvalue weighted by Gasteiger charge is 2.36. The first-order valence-electron chi connectivity index (χ1n) is 7.07. The number of fused-ring (bicyclic) bond motifs is 1. The molecule has 2 aromatic rings. The Kier molecular flexibility index (Phi) is 3.84. The Bertz CT molecular complexity index is 820. The van der Waals surface area contributed by atoms with Crippen LogP contribution in [0.3, 0.4) is 0 Å². The summed E-state index contributed by atoms with van der Waals surface area (Å²) in [4.78, 5) is 16.6. The van der Waals surface area contributed by atoms with E-state index in [1.54, 1.807) is 6.20 Å². The zero-order chi connectivity index (χ0) is 15.7. The summed E-state index contributed by atoms with van der Waals surface area (Å²) in [5.74, 6) is -0.306. The van der Waals surface area contributed by atoms with E-state index in [9.17, 15) is 13.2 Å². The molecular formula is C15H17N3O3S. The molecule has 1 atom stereocenters. The molecule has 0 unspecified atom stereocenters. The van der Waals surface area contributed by atoms with Crippen molar-refractivity contribution >= 4 is 32.5 Å². The first kappa shape index (κ1) is 14.9. The molecule has 0 radical (unpaired) electrons. The number of anilines is 1. The average Bonchev–Trinajstić information content (AvgIpc) is 2.97. The molecule has 6 nitrogen and oxygen atoms in total. The molecule has 1 aromatic heterocycles. The molecule has 0 aliphatic carbocycles. The minimum Gasteiger partial charge on any atom is -0.323 e. The molecule has 3 rings (SSSR count). The van der Waals surface area contributed by atoms with Crippen LogP contribution in [0.2, 0.25) is 0 Å². The second kappa shape index (κ2) is 5.66. The molecule has 7 heteroatoms. The number of aromatic nitrogens is 1. The number of para-hydroxylation sites is 1. The number of rotatable bonds is 3. The lowest BCUT2D eigenvalue weighted by Gasteiger charge is -2.21. The molecule has 1 saturated heterocycles. The first-order chi connectivity index (χ1) is 10.4. The predicted molar refractivity (Wildman–Crippen MR) is 84.9 cm³/mol. The molecule has 1 aliphatic rings. The van der Waals surface area contributed by atoms with Crippen LogP contribution >= 0.6 is 0 Å². The lowest BCUT2D eigenvalue weighted by atomic mass is 10.2. The number of carbonyl (C=O) groups is 1. The van der Waals surface area contributed by atoms with Gasteiger partial charge < -0.3 is 5.32 Å². The van der Waals surface area contributed by atoms with E-state index in [2.05, 4.69) is 10.3 Å². The number of nitrogens with one attached hydrogen (secondary N) is 1. The number of hydrogen-bond donors (Lipinski definition) is 1. The zero-order valence-corrected chi connectivity index (χ0v) is 13.0. The van der Waals surface area contributed by atoms with Gasteiger partial charge in [0.15, 0.2) is 0 Å². The monoisotopic (exact) mass is 319 g/mol. The fourth-order valence-electron chi connectivity index (χ4n) is 2.76. The average molecular weight is 319 g/mol. The highest BCUT2D eigenvalue weighted by Crippen LogP contribution is 2.22. The van der Waals surface area contributed by atoms with Crippen LogP contribution in [-0.2, 0) is 14.8 Å². The molecular weight excluding hydrogens is 302 g/mol. The smallest absolute Gasteiger partial charge is 0.242 e. The minimum absolute atomic E-state index is 0.306. The maximum Gasteiger partial charge on any atom is 0.242 e. The van der Waals surface area contributed by atoms with Crippen LogP contribution in [0.25, 0.3) is 10.9 Å². The Morgan fingerprint density at radius 1 is 1.36 bits per heavy atom. The van der Waals surface area contributed by atoms with Gasteiger partial charge in [-0.2, -0.15) is 4.31 Å². The molecule has 0 saturated carbocycles. The summed E-state index contributed by atoms with van der Waals surface area (Å²) in [5.41, 5.74) is 1.42. The predicted octanol–water partition coefficient (Wildman–Crippen LogP) is 1.60. The second-order valence-corrected chi connectivity index (χ2v) is 7.37. The number of hydrogen-bond acceptors (Lipinski definition) is 4. The van der Waals surface area contributed by atoms with Gasteiger partial charge in [-0.15, -0.1) is 0 Å². The molecule has 1 aliphatic heterocycles. The maximum absolute atomic E-state index is 12.4. The minimum atomic E-state index is -3.37. The molecule has 22 heavy (non-hydrogen) atoms. The van der Waals surface area contributed by atoms with E-state index in [-0.39, 0.29) is 5.91 Å². The molecule has 0 bridgehead atoms. The quantitative estimate of drug-likeness (QED) is 0.932. The van der Waals surface area contributed by atoms with Crippen molar-refractivity contribution in [2.75, 3.05) is 18.1 Å². The number of nitrogens with zero attached hydrogens (tertiary/aromatic N) is 2. The number of sulfonamides is 1. The molecule has 1 aromatic carbocycles. The van der Waals surface area contributed by atoms with Gasteiger partial charge in [0.25, 0.3) is 0 Å². The highest BCUT2D eigenvalue weighted by atomic mass is 32.2. The normalized spacial score (nSPS) is 19.4. The Labute approximate surface area is 129 Å². The van der Waals surface area contributed by atoms with Crippen molar-refractivity contribution in [1.82, 2.24) is 9.29 Å². The van der Waals surface area contributed by atoms with Crippen molar-refractivity contribution in [3.05, 3.63) is 36.5 Å². The Balaban J connectivity index is 1.80. The van der Waals surface area contributed by atoms with E-state index in [4.69, 9.17) is 0 Å². The Morgan fingerprint density at radius 2 is 2.14 bits per heavy atom. The summed E-state index contributed by atoms with van der Waals surface area (Å²) in [6, 6.07) is 8.80. The third-order valence-electron chi connectivity index (χ3n) is 3.79. The van der Waals surface area contributed by atoms with Crippen LogP contribution in [0.5, 0.6) is 0 Å². The van der Waals surface area contributed by atoms with Gasteiger partial charge in [0.2, 0.25) is 15.9 Å². The number of pyridine rings is 1. The highest BCUT2D eigenvalue weighted by molar-refractivity contribution is 7.88. The summed E-state index contributed by atoms with van der Waals surface area (Å²) in [6.45, 7) is 0.396. The lowest BCUT2D eigenvalue weighted by Crippen LogP contribution is -2.42. The van der Waals surface area contributed by atoms with E-state index in [1.807, 2.05) is 30.3 Å². The lowest BCUT2D eigenvalue weighted by molar-refractivity contribution is -0.119. The summed E-state index contributed by atoms with van der Waals surface area (Å²) in [6.07, 6.45) is 3.96. The standard InChI is InChI=1S/C15H17N3O3S/c1-22(20,21)18-8-4-7-14(18)15(19)17-12-9-11-5-2-3-6-13(11)16-10-12/h2-3,5-6,9-10,14H,4,7-8H2,1H3,(H,17,19)/t14-/m1/s1. The van der Waals surface area contributed by atoms with Crippen molar-refractivity contribution in [3.8, 4) is 0 Å². The topological polar surface area (TPSA) is 79.4 Å². The molecule has 2 heterocycles. The maximum atomic E-state index is 12.4. The first-order valence-corrected chi connectivity index (χ1v) is 8.92. The molecule has 1 amide bonds. The Hall–Kier alpha value is -1.99. The van der Waals surface area contributed by atoms with Crippen molar-refractivity contribution in [3.63, 3.8) is 0 Å². The summed E-state index contributed by atoms with van der Waals surface area (Å²) < 4.78 is 24.7. The van der Waals surface area contributed by atoms with Gasteiger partial charge in [-0.3, -0.25) is 9.78 Å². The van der Waals surface area contributed by atoms with Crippen molar-refractivity contribution in [2.24, 2.45) is 0 Å². The zero-order valence-electron chi connectivity index (χ0n) is 12.2. The van der Waals surface area contributed by atoms with Crippen LogP contribution in [-0.4, -0.2) is 42.5 Å². The van der Waals surface area contributed by atoms with E-state index < -0.39 is 16.1 Å². The third-order valence-corrected chi connectivity index (χ3v) is 5.08. The van der Waals surface area contributed by atoms with Crippen LogP contribution < -0.4 is 5.32 Å². The molecule has 0 spiro atoms. The molecule has 116 valence electrons. The number of carbonyl (C=O) groups excluding carboxylic acids is 1. The fourth-order valence-corrected chi connectivity index (χ4v) is 3.89. The summed E-state index contributed by atoms with van der Waals surface area (Å²) in [5, 5.41) is 3.69. The summed E-state index contributed by atoms with van der Waals surface area (Å²) >= 11 is 0. The Morgan fingerprint density at radius 3 is 2.91 bits per heavy atom. The largest absolute Gasteiger partial charge is 0.323 e. The third kappa shape index (κ3) is 2.95. The molecule has 1 N–H and O–H groups in total. The number of amides is 1. The van der Waals surface area contributed by atoms with Gasteiger partial charge in [0.1, 0.15) is 6.04 Å². The van der Waals surface area contributed by atoms with E-state index in [1.165, 1.54) is 4.31 Å². The van der Waals surface area contributed by atoms with Crippen LogP contribution in [0.15, 0.2) is 36.5 Å². The van der Waals surface area contributed by atoms with Gasteiger partial charge in [0.05, 0.1) is 23.7 Å². The van der Waals surface area contributed by atoms with Crippen molar-refractivity contribution < 1.29 is 13.2 Å². The van der Waals surface area contributed by atoms with Crippen molar-refractivity contribution in [1.29, 1.82) is 0 Å². The van der Waals surface area contributed by atoms with Crippen LogP contribution in [0.4, 0.5) is 5.69 Å². The van der Waals surface area contributed by atoms with E-state index in [0.29, 0.717) is 25.1 Å². The van der Waals surface area contributed by atoms with Crippen molar-refractivity contribution in [2.45, 2.75) is 18.9 Å². The van der Waals surface area contributed by atoms with Gasteiger partial charge in [-0.05, 0) is 25.0 Å².